The maximum Gasteiger partial charge on any atom is 0.0451 e. The molecular formula is C13H16N2S. The summed E-state index contributed by atoms with van der Waals surface area (Å²) in [5.41, 5.74) is 11.0. The summed E-state index contributed by atoms with van der Waals surface area (Å²) in [6.45, 7) is 4.19. The Labute approximate surface area is 100 Å². The number of hydrogen-bond acceptors (Lipinski definition) is 3. The Morgan fingerprint density at radius 1 is 1.31 bits per heavy atom. The molecule has 2 N–H and O–H groups in total. The Kier molecular flexibility index (Phi) is 3.36. The first-order valence-electron chi connectivity index (χ1n) is 5.37. The van der Waals surface area contributed by atoms with Gasteiger partial charge in [0.15, 0.2) is 0 Å². The summed E-state index contributed by atoms with van der Waals surface area (Å²) in [5, 5.41) is 4.28. The topological polar surface area (TPSA) is 38.9 Å². The van der Waals surface area contributed by atoms with Gasteiger partial charge in [-0.3, -0.25) is 4.98 Å². The summed E-state index contributed by atoms with van der Waals surface area (Å²) < 4.78 is 0. The van der Waals surface area contributed by atoms with Gasteiger partial charge < -0.3 is 5.73 Å². The lowest BCUT2D eigenvalue weighted by atomic mass is 10.0. The van der Waals surface area contributed by atoms with Gasteiger partial charge in [-0.05, 0) is 47.4 Å². The zero-order chi connectivity index (χ0) is 11.5. The van der Waals surface area contributed by atoms with E-state index in [-0.39, 0.29) is 6.04 Å². The quantitative estimate of drug-likeness (QED) is 0.883. The Morgan fingerprint density at radius 2 is 2.12 bits per heavy atom. The molecule has 16 heavy (non-hydrogen) atoms. The van der Waals surface area contributed by atoms with Gasteiger partial charge >= 0.3 is 0 Å². The van der Waals surface area contributed by atoms with E-state index < -0.39 is 0 Å². The van der Waals surface area contributed by atoms with Crippen molar-refractivity contribution in [3.63, 3.8) is 0 Å². The second-order valence-electron chi connectivity index (χ2n) is 4.09. The molecule has 0 amide bonds. The van der Waals surface area contributed by atoms with E-state index in [0.29, 0.717) is 0 Å². The Morgan fingerprint density at radius 3 is 2.75 bits per heavy atom. The van der Waals surface area contributed by atoms with Crippen LogP contribution in [0.25, 0.3) is 0 Å². The van der Waals surface area contributed by atoms with E-state index in [4.69, 9.17) is 5.73 Å². The molecule has 0 fully saturated rings. The predicted molar refractivity (Wildman–Crippen MR) is 68.7 cm³/mol. The van der Waals surface area contributed by atoms with Crippen molar-refractivity contribution in [2.24, 2.45) is 5.73 Å². The zero-order valence-electron chi connectivity index (χ0n) is 9.60. The highest BCUT2D eigenvalue weighted by Crippen LogP contribution is 2.23. The standard InChI is InChI=1S/C13H16N2S/c1-9-4-3-5-15-13(9)6-12(14)11-8-16-7-10(11)2/h3-5,7-8,12H,6,14H2,1-2H3. The van der Waals surface area contributed by atoms with E-state index in [0.717, 1.165) is 12.1 Å². The first-order valence-corrected chi connectivity index (χ1v) is 6.31. The molecule has 2 nitrogen and oxygen atoms in total. The third-order valence-electron chi connectivity index (χ3n) is 2.83. The first-order chi connectivity index (χ1) is 7.68. The average molecular weight is 232 g/mol. The summed E-state index contributed by atoms with van der Waals surface area (Å²) in [6.07, 6.45) is 2.64. The summed E-state index contributed by atoms with van der Waals surface area (Å²) in [6, 6.07) is 4.09. The molecule has 2 heterocycles. The van der Waals surface area contributed by atoms with Gasteiger partial charge in [-0.1, -0.05) is 6.07 Å². The van der Waals surface area contributed by atoms with Crippen LogP contribution in [0.4, 0.5) is 0 Å². The van der Waals surface area contributed by atoms with Crippen LogP contribution >= 0.6 is 11.3 Å². The van der Waals surface area contributed by atoms with E-state index in [1.54, 1.807) is 11.3 Å². The highest BCUT2D eigenvalue weighted by Gasteiger charge is 2.12. The number of nitrogens with zero attached hydrogens (tertiary/aromatic N) is 1. The predicted octanol–water partition coefficient (Wildman–Crippen LogP) is 3.00. The molecule has 1 atom stereocenters. The smallest absolute Gasteiger partial charge is 0.0451 e. The molecular weight excluding hydrogens is 216 g/mol. The molecule has 2 aromatic rings. The molecule has 0 saturated carbocycles. The van der Waals surface area contributed by atoms with Crippen molar-refractivity contribution in [3.05, 3.63) is 51.5 Å². The van der Waals surface area contributed by atoms with Crippen LogP contribution in [0, 0.1) is 13.8 Å². The Hall–Kier alpha value is -1.19. The van der Waals surface area contributed by atoms with Gasteiger partial charge in [0, 0.05) is 24.4 Å². The van der Waals surface area contributed by atoms with Gasteiger partial charge in [-0.15, -0.1) is 0 Å². The second kappa shape index (κ2) is 4.76. The summed E-state index contributed by atoms with van der Waals surface area (Å²) in [5.74, 6) is 0. The van der Waals surface area contributed by atoms with Crippen LogP contribution < -0.4 is 5.73 Å². The molecule has 0 aromatic carbocycles. The molecule has 0 aliphatic carbocycles. The Bertz CT molecular complexity index is 476. The van der Waals surface area contributed by atoms with Gasteiger partial charge in [0.25, 0.3) is 0 Å². The number of rotatable bonds is 3. The molecule has 84 valence electrons. The van der Waals surface area contributed by atoms with Crippen molar-refractivity contribution in [1.82, 2.24) is 4.98 Å². The number of nitrogens with two attached hydrogens (primary N) is 1. The molecule has 0 radical (unpaired) electrons. The molecule has 0 aliphatic rings. The van der Waals surface area contributed by atoms with Crippen LogP contribution in [0.15, 0.2) is 29.1 Å². The third-order valence-corrected chi connectivity index (χ3v) is 3.71. The molecule has 0 bridgehead atoms. The van der Waals surface area contributed by atoms with E-state index in [2.05, 4.69) is 35.7 Å². The minimum Gasteiger partial charge on any atom is -0.324 e. The lowest BCUT2D eigenvalue weighted by Crippen LogP contribution is -2.15. The van der Waals surface area contributed by atoms with Gasteiger partial charge in [0.1, 0.15) is 0 Å². The monoisotopic (exact) mass is 232 g/mol. The average Bonchev–Trinajstić information content (AvgIpc) is 2.68. The van der Waals surface area contributed by atoms with Crippen molar-refractivity contribution in [3.8, 4) is 0 Å². The van der Waals surface area contributed by atoms with Gasteiger partial charge in [-0.2, -0.15) is 11.3 Å². The number of aryl methyl sites for hydroxylation is 2. The molecule has 0 spiro atoms. The van der Waals surface area contributed by atoms with Crippen LogP contribution in [-0.2, 0) is 6.42 Å². The fraction of sp³-hybridized carbons (Fsp3) is 0.308. The van der Waals surface area contributed by atoms with Crippen LogP contribution in [0.5, 0.6) is 0 Å². The van der Waals surface area contributed by atoms with Gasteiger partial charge in [0.2, 0.25) is 0 Å². The van der Waals surface area contributed by atoms with Gasteiger partial charge in [-0.25, -0.2) is 0 Å². The van der Waals surface area contributed by atoms with Crippen molar-refractivity contribution in [1.29, 1.82) is 0 Å². The second-order valence-corrected chi connectivity index (χ2v) is 4.83. The van der Waals surface area contributed by atoms with Crippen molar-refractivity contribution >= 4 is 11.3 Å². The molecule has 2 aromatic heterocycles. The normalized spacial score (nSPS) is 12.7. The molecule has 1 unspecified atom stereocenters. The molecule has 0 saturated heterocycles. The van der Waals surface area contributed by atoms with E-state index in [1.165, 1.54) is 16.7 Å². The van der Waals surface area contributed by atoms with Crippen LogP contribution in [0.1, 0.15) is 28.4 Å². The fourth-order valence-corrected chi connectivity index (χ4v) is 2.72. The number of thiophene rings is 1. The van der Waals surface area contributed by atoms with Crippen molar-refractivity contribution in [2.45, 2.75) is 26.3 Å². The number of pyridine rings is 1. The number of hydrogen-bond donors (Lipinski definition) is 1. The summed E-state index contributed by atoms with van der Waals surface area (Å²) in [7, 11) is 0. The van der Waals surface area contributed by atoms with Crippen molar-refractivity contribution in [2.75, 3.05) is 0 Å². The number of aromatic nitrogens is 1. The third kappa shape index (κ3) is 2.31. The van der Waals surface area contributed by atoms with E-state index >= 15 is 0 Å². The minimum atomic E-state index is 0.0554. The summed E-state index contributed by atoms with van der Waals surface area (Å²) >= 11 is 1.71. The van der Waals surface area contributed by atoms with Crippen LogP contribution in [-0.4, -0.2) is 4.98 Å². The molecule has 0 aliphatic heterocycles. The zero-order valence-corrected chi connectivity index (χ0v) is 10.4. The fourth-order valence-electron chi connectivity index (χ4n) is 1.80. The largest absolute Gasteiger partial charge is 0.324 e. The van der Waals surface area contributed by atoms with E-state index in [9.17, 15) is 0 Å². The highest BCUT2D eigenvalue weighted by molar-refractivity contribution is 7.08. The maximum atomic E-state index is 6.21. The SMILES string of the molecule is Cc1cscc1C(N)Cc1ncccc1C. The Balaban J connectivity index is 2.17. The molecule has 2 rings (SSSR count). The maximum absolute atomic E-state index is 6.21. The highest BCUT2D eigenvalue weighted by atomic mass is 32.1. The van der Waals surface area contributed by atoms with E-state index in [1.807, 2.05) is 12.3 Å². The molecule has 3 heteroatoms. The lowest BCUT2D eigenvalue weighted by Gasteiger charge is -2.12. The van der Waals surface area contributed by atoms with Gasteiger partial charge in [0.05, 0.1) is 0 Å². The lowest BCUT2D eigenvalue weighted by molar-refractivity contribution is 0.701. The summed E-state index contributed by atoms with van der Waals surface area (Å²) in [4.78, 5) is 4.38. The minimum absolute atomic E-state index is 0.0554. The van der Waals surface area contributed by atoms with Crippen molar-refractivity contribution < 1.29 is 0 Å². The van der Waals surface area contributed by atoms with Crippen LogP contribution in [0.2, 0.25) is 0 Å². The van der Waals surface area contributed by atoms with Crippen LogP contribution in [0.3, 0.4) is 0 Å². The first kappa shape index (κ1) is 11.3.